The number of benzene rings is 2. The molecule has 0 bridgehead atoms. The maximum atomic E-state index is 13.3. The van der Waals surface area contributed by atoms with Crippen LogP contribution < -0.4 is 10.3 Å². The third-order valence-corrected chi connectivity index (χ3v) is 5.30. The van der Waals surface area contributed by atoms with Crippen LogP contribution in [0.1, 0.15) is 29.8 Å². The van der Waals surface area contributed by atoms with Crippen LogP contribution in [0.4, 0.5) is 0 Å². The maximum absolute atomic E-state index is 13.3. The minimum Gasteiger partial charge on any atom is -0.511 e. The van der Waals surface area contributed by atoms with E-state index < -0.39 is 22.8 Å². The molecular weight excluding hydrogens is 408 g/mol. The van der Waals surface area contributed by atoms with Crippen molar-refractivity contribution >= 4 is 34.2 Å². The van der Waals surface area contributed by atoms with Gasteiger partial charge in [0.1, 0.15) is 22.6 Å². The van der Waals surface area contributed by atoms with Crippen LogP contribution in [0.3, 0.4) is 0 Å². The predicted molar refractivity (Wildman–Crippen MR) is 112 cm³/mol. The van der Waals surface area contributed by atoms with E-state index >= 15 is 0 Å². The Kier molecular flexibility index (Phi) is 5.13. The highest BCUT2D eigenvalue weighted by atomic mass is 35.5. The normalized spacial score (nSPS) is 14.3. The van der Waals surface area contributed by atoms with Gasteiger partial charge in [0.25, 0.3) is 5.56 Å². The highest BCUT2D eigenvalue weighted by Gasteiger charge is 2.31. The van der Waals surface area contributed by atoms with Crippen LogP contribution in [0.25, 0.3) is 16.7 Å². The number of methoxy groups -OCH3 is 1. The number of rotatable bonds is 4. The average molecular weight is 425 g/mol. The van der Waals surface area contributed by atoms with Gasteiger partial charge >= 0.3 is 0 Å². The van der Waals surface area contributed by atoms with E-state index in [4.69, 9.17) is 16.3 Å². The number of aromatic nitrogens is 2. The lowest BCUT2D eigenvalue weighted by Gasteiger charge is -2.16. The second-order valence-electron chi connectivity index (χ2n) is 6.83. The monoisotopic (exact) mass is 424 g/mol. The molecule has 3 aromatic rings. The van der Waals surface area contributed by atoms with Crippen molar-refractivity contribution in [1.82, 2.24) is 9.55 Å². The summed E-state index contributed by atoms with van der Waals surface area (Å²) in [5.74, 6) is -1.11. The van der Waals surface area contributed by atoms with E-state index in [9.17, 15) is 19.5 Å². The molecule has 0 atom stereocenters. The fourth-order valence-electron chi connectivity index (χ4n) is 3.51. The van der Waals surface area contributed by atoms with E-state index in [0.717, 1.165) is 0 Å². The van der Waals surface area contributed by atoms with Crippen molar-refractivity contribution in [3.8, 4) is 11.4 Å². The lowest BCUT2D eigenvalue weighted by atomic mass is 9.92. The molecule has 1 aliphatic rings. The second kappa shape index (κ2) is 7.76. The third-order valence-electron chi connectivity index (χ3n) is 4.99. The fraction of sp³-hybridized carbons (Fsp3) is 0.182. The Morgan fingerprint density at radius 1 is 1.13 bits per heavy atom. The summed E-state index contributed by atoms with van der Waals surface area (Å²) >= 11 is 6.30. The Balaban J connectivity index is 2.01. The van der Waals surface area contributed by atoms with E-state index in [2.05, 4.69) is 4.98 Å². The topological polar surface area (TPSA) is 98.5 Å². The van der Waals surface area contributed by atoms with Crippen LogP contribution >= 0.6 is 11.6 Å². The molecule has 0 saturated heterocycles. The van der Waals surface area contributed by atoms with Gasteiger partial charge < -0.3 is 9.84 Å². The zero-order valence-electron chi connectivity index (χ0n) is 16.0. The Hall–Kier alpha value is -3.45. The van der Waals surface area contributed by atoms with E-state index in [-0.39, 0.29) is 34.7 Å². The standard InChI is InChI=1S/C22H17ClN2O5/c1-30-13-10-8-12(9-11-13)25-15-5-2-4-14(23)19(15)24-20(22(25)29)21(28)18-16(26)6-3-7-17(18)27/h2,4-5,8-11,26H,3,6-7H2,1H3. The maximum Gasteiger partial charge on any atom is 0.285 e. The number of Topliss-reactive ketones (excluding diaryl/α,β-unsaturated/α-hetero) is 2. The molecule has 152 valence electrons. The van der Waals surface area contributed by atoms with E-state index in [1.165, 1.54) is 11.7 Å². The van der Waals surface area contributed by atoms with Gasteiger partial charge in [-0.15, -0.1) is 0 Å². The number of ether oxygens (including phenoxy) is 1. The average Bonchev–Trinajstić information content (AvgIpc) is 2.73. The Bertz CT molecular complexity index is 1280. The molecule has 4 rings (SSSR count). The van der Waals surface area contributed by atoms with Crippen molar-refractivity contribution in [2.45, 2.75) is 19.3 Å². The number of halogens is 1. The molecule has 0 amide bonds. The van der Waals surface area contributed by atoms with Gasteiger partial charge in [-0.3, -0.25) is 19.0 Å². The number of aliphatic hydroxyl groups excluding tert-OH is 1. The third kappa shape index (κ3) is 3.27. The van der Waals surface area contributed by atoms with Crippen molar-refractivity contribution in [1.29, 1.82) is 0 Å². The van der Waals surface area contributed by atoms with Crippen LogP contribution in [0.15, 0.2) is 58.6 Å². The molecule has 0 fully saturated rings. The number of allylic oxidation sites excluding steroid dienone is 2. The Morgan fingerprint density at radius 3 is 2.53 bits per heavy atom. The number of fused-ring (bicyclic) bond motifs is 1. The van der Waals surface area contributed by atoms with Gasteiger partial charge in [0.15, 0.2) is 11.5 Å². The number of hydrogen-bond donors (Lipinski definition) is 1. The first-order valence-corrected chi connectivity index (χ1v) is 9.66. The largest absolute Gasteiger partial charge is 0.511 e. The first kappa shape index (κ1) is 19.8. The molecule has 30 heavy (non-hydrogen) atoms. The SMILES string of the molecule is COc1ccc(-n2c(=O)c(C(=O)C3=C(O)CCCC3=O)nc3c(Cl)cccc32)cc1. The fourth-order valence-corrected chi connectivity index (χ4v) is 3.72. The molecule has 1 aliphatic carbocycles. The van der Waals surface area contributed by atoms with Crippen molar-refractivity contribution in [3.05, 3.63) is 74.9 Å². The number of ketones is 2. The number of carbonyl (C=O) groups excluding carboxylic acids is 2. The second-order valence-corrected chi connectivity index (χ2v) is 7.24. The summed E-state index contributed by atoms with van der Waals surface area (Å²) < 4.78 is 6.47. The van der Waals surface area contributed by atoms with Crippen LogP contribution in [0, 0.1) is 0 Å². The number of aliphatic hydroxyl groups is 1. The van der Waals surface area contributed by atoms with Crippen LogP contribution in [0.2, 0.25) is 5.02 Å². The zero-order valence-corrected chi connectivity index (χ0v) is 16.8. The molecular formula is C22H17ClN2O5. The molecule has 0 unspecified atom stereocenters. The van der Waals surface area contributed by atoms with Crippen molar-refractivity contribution in [2.24, 2.45) is 0 Å². The molecule has 0 aliphatic heterocycles. The summed E-state index contributed by atoms with van der Waals surface area (Å²) in [5.41, 5.74) is -0.443. The van der Waals surface area contributed by atoms with Crippen molar-refractivity contribution in [3.63, 3.8) is 0 Å². The molecule has 2 aromatic carbocycles. The van der Waals surface area contributed by atoms with Gasteiger partial charge in [-0.1, -0.05) is 17.7 Å². The molecule has 1 heterocycles. The van der Waals surface area contributed by atoms with E-state index in [0.29, 0.717) is 23.4 Å². The van der Waals surface area contributed by atoms with Crippen molar-refractivity contribution in [2.75, 3.05) is 7.11 Å². The van der Waals surface area contributed by atoms with Crippen LogP contribution in [-0.2, 0) is 4.79 Å². The van der Waals surface area contributed by atoms with Gasteiger partial charge in [0.05, 0.1) is 17.6 Å². The number of nitrogens with zero attached hydrogens (tertiary/aromatic N) is 2. The molecule has 1 aromatic heterocycles. The van der Waals surface area contributed by atoms with Gasteiger partial charge in [0.2, 0.25) is 5.78 Å². The smallest absolute Gasteiger partial charge is 0.285 e. The minimum absolute atomic E-state index is 0.131. The molecule has 1 N–H and O–H groups in total. The zero-order chi connectivity index (χ0) is 21.4. The summed E-state index contributed by atoms with van der Waals surface area (Å²) in [6.45, 7) is 0. The lowest BCUT2D eigenvalue weighted by Crippen LogP contribution is -2.31. The van der Waals surface area contributed by atoms with Crippen LogP contribution in [-0.4, -0.2) is 33.3 Å². The molecule has 0 radical (unpaired) electrons. The van der Waals surface area contributed by atoms with Gasteiger partial charge in [0, 0.05) is 18.5 Å². The van der Waals surface area contributed by atoms with Gasteiger partial charge in [-0.05, 0) is 42.8 Å². The highest BCUT2D eigenvalue weighted by molar-refractivity contribution is 6.35. The first-order chi connectivity index (χ1) is 14.4. The minimum atomic E-state index is -0.897. The molecule has 8 heteroatoms. The van der Waals surface area contributed by atoms with Gasteiger partial charge in [-0.25, -0.2) is 4.98 Å². The number of carbonyl (C=O) groups is 2. The molecule has 0 saturated carbocycles. The van der Waals surface area contributed by atoms with E-state index in [1.807, 2.05) is 0 Å². The first-order valence-electron chi connectivity index (χ1n) is 9.28. The highest BCUT2D eigenvalue weighted by Crippen LogP contribution is 2.26. The predicted octanol–water partition coefficient (Wildman–Crippen LogP) is 3.80. The summed E-state index contributed by atoms with van der Waals surface area (Å²) in [5, 5.41) is 10.4. The molecule has 0 spiro atoms. The van der Waals surface area contributed by atoms with Crippen molar-refractivity contribution < 1.29 is 19.4 Å². The molecule has 7 nitrogen and oxygen atoms in total. The summed E-state index contributed by atoms with van der Waals surface area (Å²) in [4.78, 5) is 42.9. The Labute approximate surface area is 176 Å². The Morgan fingerprint density at radius 2 is 1.87 bits per heavy atom. The quantitative estimate of drug-likeness (QED) is 0.505. The summed E-state index contributed by atoms with van der Waals surface area (Å²) in [6, 6.07) is 11.6. The summed E-state index contributed by atoms with van der Waals surface area (Å²) in [6.07, 6.45) is 0.786. The number of para-hydroxylation sites is 1. The van der Waals surface area contributed by atoms with Gasteiger partial charge in [-0.2, -0.15) is 0 Å². The number of hydrogen-bond acceptors (Lipinski definition) is 6. The van der Waals surface area contributed by atoms with E-state index in [1.54, 1.807) is 42.5 Å². The summed E-state index contributed by atoms with van der Waals surface area (Å²) in [7, 11) is 1.53. The lowest BCUT2D eigenvalue weighted by molar-refractivity contribution is -0.116. The van der Waals surface area contributed by atoms with Crippen LogP contribution in [0.5, 0.6) is 5.75 Å².